The Bertz CT molecular complexity index is 976. The molecule has 0 unspecified atom stereocenters. The first kappa shape index (κ1) is 17.6. The maximum absolute atomic E-state index is 12.6. The van der Waals surface area contributed by atoms with Crippen molar-refractivity contribution >= 4 is 22.6 Å². The van der Waals surface area contributed by atoms with Crippen molar-refractivity contribution in [1.29, 1.82) is 0 Å². The van der Waals surface area contributed by atoms with Crippen molar-refractivity contribution in [2.24, 2.45) is 0 Å². The summed E-state index contributed by atoms with van der Waals surface area (Å²) in [5.74, 6) is 3.08. The Labute approximate surface area is 154 Å². The van der Waals surface area contributed by atoms with Gasteiger partial charge in [-0.1, -0.05) is 48.5 Å². The first-order valence-corrected chi connectivity index (χ1v) is 8.51. The zero-order chi connectivity index (χ0) is 18.6. The van der Waals surface area contributed by atoms with E-state index < -0.39 is 11.7 Å². The van der Waals surface area contributed by atoms with E-state index in [2.05, 4.69) is 18.0 Å². The highest BCUT2D eigenvalue weighted by Crippen LogP contribution is 2.18. The van der Waals surface area contributed by atoms with Gasteiger partial charge in [-0.15, -0.1) is 0 Å². The van der Waals surface area contributed by atoms with Crippen LogP contribution < -0.4 is 4.90 Å². The molecule has 0 saturated carbocycles. The predicted octanol–water partition coefficient (Wildman–Crippen LogP) is 5.59. The molecule has 1 amide bonds. The van der Waals surface area contributed by atoms with E-state index in [-0.39, 0.29) is 0 Å². The van der Waals surface area contributed by atoms with Gasteiger partial charge in [0.1, 0.15) is 5.60 Å². The molecule has 3 rings (SSSR count). The van der Waals surface area contributed by atoms with Crippen LogP contribution in [-0.2, 0) is 4.74 Å². The number of fused-ring (bicyclic) bond motifs is 1. The van der Waals surface area contributed by atoms with Crippen LogP contribution in [0, 0.1) is 12.0 Å². The maximum atomic E-state index is 12.6. The van der Waals surface area contributed by atoms with E-state index in [1.807, 2.05) is 87.5 Å². The normalized spacial score (nSPS) is 10.7. The summed E-state index contributed by atoms with van der Waals surface area (Å²) in [5, 5.41) is 2.27. The van der Waals surface area contributed by atoms with E-state index in [4.69, 9.17) is 4.74 Å². The Morgan fingerprint density at radius 2 is 1.54 bits per heavy atom. The van der Waals surface area contributed by atoms with Crippen molar-refractivity contribution in [2.45, 2.75) is 26.4 Å². The van der Waals surface area contributed by atoms with Gasteiger partial charge in [-0.25, -0.2) is 9.69 Å². The monoisotopic (exact) mass is 343 g/mol. The molecule has 0 spiro atoms. The number of para-hydroxylation sites is 1. The molecular weight excluding hydrogens is 322 g/mol. The number of carbonyl (C=O) groups excluding carboxylic acids is 1. The molecule has 0 atom stereocenters. The van der Waals surface area contributed by atoms with Crippen LogP contribution in [0.3, 0.4) is 0 Å². The summed E-state index contributed by atoms with van der Waals surface area (Å²) < 4.78 is 5.50. The quantitative estimate of drug-likeness (QED) is 0.426. The maximum Gasteiger partial charge on any atom is 0.426 e. The van der Waals surface area contributed by atoms with Crippen molar-refractivity contribution in [1.82, 2.24) is 0 Å². The van der Waals surface area contributed by atoms with Crippen LogP contribution in [0.1, 0.15) is 26.3 Å². The van der Waals surface area contributed by atoms with E-state index in [1.165, 1.54) is 4.90 Å². The van der Waals surface area contributed by atoms with Crippen LogP contribution in [0.2, 0.25) is 0 Å². The molecule has 3 aromatic carbocycles. The van der Waals surface area contributed by atoms with E-state index in [0.717, 1.165) is 16.3 Å². The van der Waals surface area contributed by atoms with Gasteiger partial charge in [0, 0.05) is 11.6 Å². The van der Waals surface area contributed by atoms with E-state index in [1.54, 1.807) is 0 Å². The van der Waals surface area contributed by atoms with Crippen LogP contribution in [0.15, 0.2) is 72.8 Å². The Balaban J connectivity index is 1.95. The van der Waals surface area contributed by atoms with Gasteiger partial charge in [-0.2, -0.15) is 0 Å². The Morgan fingerprint density at radius 1 is 0.885 bits per heavy atom. The van der Waals surface area contributed by atoms with Gasteiger partial charge in [-0.3, -0.25) is 0 Å². The van der Waals surface area contributed by atoms with Crippen molar-refractivity contribution < 1.29 is 9.53 Å². The molecule has 3 aromatic rings. The zero-order valence-electron chi connectivity index (χ0n) is 15.2. The van der Waals surface area contributed by atoms with Gasteiger partial charge < -0.3 is 4.74 Å². The van der Waals surface area contributed by atoms with Gasteiger partial charge >= 0.3 is 6.09 Å². The first-order valence-electron chi connectivity index (χ1n) is 8.51. The Hall–Kier alpha value is -3.25. The van der Waals surface area contributed by atoms with Crippen molar-refractivity contribution in [2.75, 3.05) is 4.90 Å². The van der Waals surface area contributed by atoms with Gasteiger partial charge in [0.25, 0.3) is 0 Å². The topological polar surface area (TPSA) is 29.5 Å². The number of anilines is 1. The molecule has 0 aliphatic carbocycles. The molecule has 130 valence electrons. The average molecular weight is 343 g/mol. The molecule has 0 aromatic heterocycles. The molecule has 0 radical (unpaired) electrons. The Morgan fingerprint density at radius 3 is 2.23 bits per heavy atom. The largest absolute Gasteiger partial charge is 0.443 e. The molecule has 3 nitrogen and oxygen atoms in total. The second kappa shape index (κ2) is 7.33. The molecule has 0 aliphatic rings. The molecule has 26 heavy (non-hydrogen) atoms. The van der Waals surface area contributed by atoms with Crippen LogP contribution in [0.4, 0.5) is 10.5 Å². The summed E-state index contributed by atoms with van der Waals surface area (Å²) in [6.45, 7) is 5.51. The van der Waals surface area contributed by atoms with E-state index in [0.29, 0.717) is 5.69 Å². The van der Waals surface area contributed by atoms with Crippen LogP contribution in [-0.4, -0.2) is 11.7 Å². The minimum atomic E-state index is -0.589. The minimum absolute atomic E-state index is 0.489. The van der Waals surface area contributed by atoms with Gasteiger partial charge in [0.15, 0.2) is 0 Å². The standard InChI is InChI=1S/C23H21NO2/c1-23(2,3)26-22(25)24(21-11-5-4-6-12-21)16-15-18-13-14-19-9-7-8-10-20(19)17-18/h4-14,17H,1-3H3. The lowest BCUT2D eigenvalue weighted by atomic mass is 10.1. The third-order valence-electron chi connectivity index (χ3n) is 3.65. The summed E-state index contributed by atoms with van der Waals surface area (Å²) >= 11 is 0. The second-order valence-corrected chi connectivity index (χ2v) is 6.95. The van der Waals surface area contributed by atoms with Crippen molar-refractivity contribution in [3.05, 3.63) is 78.4 Å². The molecule has 0 heterocycles. The van der Waals surface area contributed by atoms with Crippen LogP contribution in [0.25, 0.3) is 10.8 Å². The average Bonchev–Trinajstić information content (AvgIpc) is 2.61. The minimum Gasteiger partial charge on any atom is -0.443 e. The molecular formula is C23H21NO2. The summed E-state index contributed by atoms with van der Waals surface area (Å²) in [5.41, 5.74) is 0.928. The van der Waals surface area contributed by atoms with Crippen molar-refractivity contribution in [3.8, 4) is 12.0 Å². The van der Waals surface area contributed by atoms with Crippen LogP contribution >= 0.6 is 0 Å². The molecule has 0 fully saturated rings. The summed E-state index contributed by atoms with van der Waals surface area (Å²) in [7, 11) is 0. The van der Waals surface area contributed by atoms with E-state index >= 15 is 0 Å². The zero-order valence-corrected chi connectivity index (χ0v) is 15.2. The number of hydrogen-bond donors (Lipinski definition) is 0. The highest BCUT2D eigenvalue weighted by atomic mass is 16.6. The highest BCUT2D eigenvalue weighted by molar-refractivity contribution is 5.91. The third kappa shape index (κ3) is 4.43. The number of ether oxygens (including phenoxy) is 1. The SMILES string of the molecule is CC(C)(C)OC(=O)N(C#Cc1ccc2ccccc2c1)c1ccccc1. The molecule has 0 saturated heterocycles. The van der Waals surface area contributed by atoms with Gasteiger partial charge in [-0.05, 0) is 61.7 Å². The third-order valence-corrected chi connectivity index (χ3v) is 3.65. The molecule has 3 heteroatoms. The number of benzene rings is 3. The lowest BCUT2D eigenvalue weighted by Crippen LogP contribution is -2.33. The number of hydrogen-bond acceptors (Lipinski definition) is 2. The fraction of sp³-hybridized carbons (Fsp3) is 0.174. The molecule has 0 aliphatic heterocycles. The second-order valence-electron chi connectivity index (χ2n) is 6.95. The fourth-order valence-electron chi connectivity index (χ4n) is 2.49. The van der Waals surface area contributed by atoms with Gasteiger partial charge in [0.05, 0.1) is 5.69 Å². The predicted molar refractivity (Wildman–Crippen MR) is 106 cm³/mol. The smallest absolute Gasteiger partial charge is 0.426 e. The lowest BCUT2D eigenvalue weighted by Gasteiger charge is -2.23. The lowest BCUT2D eigenvalue weighted by molar-refractivity contribution is 0.0600. The van der Waals surface area contributed by atoms with E-state index in [9.17, 15) is 4.79 Å². The number of rotatable bonds is 1. The highest BCUT2D eigenvalue weighted by Gasteiger charge is 2.22. The molecule has 0 bridgehead atoms. The number of amides is 1. The summed E-state index contributed by atoms with van der Waals surface area (Å²) in [6, 6.07) is 26.3. The summed E-state index contributed by atoms with van der Waals surface area (Å²) in [6.07, 6.45) is -0.489. The first-order chi connectivity index (χ1) is 12.4. The Kier molecular flexibility index (Phi) is 4.95. The van der Waals surface area contributed by atoms with Crippen LogP contribution in [0.5, 0.6) is 0 Å². The fourth-order valence-corrected chi connectivity index (χ4v) is 2.49. The van der Waals surface area contributed by atoms with Gasteiger partial charge in [0.2, 0.25) is 0 Å². The summed E-state index contributed by atoms with van der Waals surface area (Å²) in [4.78, 5) is 13.9. The molecule has 0 N–H and O–H groups in total. The number of carbonyl (C=O) groups is 1. The number of nitrogens with zero attached hydrogens (tertiary/aromatic N) is 1. The van der Waals surface area contributed by atoms with Crippen molar-refractivity contribution in [3.63, 3.8) is 0 Å².